The van der Waals surface area contributed by atoms with Gasteiger partial charge in [0.2, 0.25) is 5.91 Å². The number of carbonyl (C=O) groups is 1. The first-order valence-corrected chi connectivity index (χ1v) is 11.6. The molecule has 3 heteroatoms. The fourth-order valence-corrected chi connectivity index (χ4v) is 5.74. The molecule has 2 unspecified atom stereocenters. The van der Waals surface area contributed by atoms with E-state index in [1.54, 1.807) is 0 Å². The monoisotopic (exact) mass is 513 g/mol. The maximum atomic E-state index is 13.2. The summed E-state index contributed by atoms with van der Waals surface area (Å²) in [6, 6.07) is 29.8. The van der Waals surface area contributed by atoms with E-state index in [1.165, 1.54) is 33.0 Å². The minimum absolute atomic E-state index is 0.0506. The number of hydrogen-bond donors (Lipinski definition) is 1. The molecule has 150 valence electrons. The van der Waals surface area contributed by atoms with E-state index in [0.717, 1.165) is 21.2 Å². The van der Waals surface area contributed by atoms with Crippen LogP contribution in [0.1, 0.15) is 34.1 Å². The molecule has 2 atom stereocenters. The second-order valence-corrected chi connectivity index (χ2v) is 9.59. The van der Waals surface area contributed by atoms with Gasteiger partial charge in [-0.05, 0) is 80.2 Å². The molecule has 0 bridgehead atoms. The molecule has 0 spiro atoms. The topological polar surface area (TPSA) is 29.1 Å². The Balaban J connectivity index is 1.48. The van der Waals surface area contributed by atoms with Crippen molar-refractivity contribution in [3.63, 3.8) is 0 Å². The van der Waals surface area contributed by atoms with Crippen LogP contribution in [0.4, 0.5) is 5.69 Å². The molecule has 4 aromatic carbocycles. The van der Waals surface area contributed by atoms with Crippen molar-refractivity contribution in [1.29, 1.82) is 0 Å². The molecule has 1 aliphatic carbocycles. The van der Waals surface area contributed by atoms with Gasteiger partial charge in [0, 0.05) is 15.2 Å². The number of halogens is 1. The Labute approximate surface area is 195 Å². The van der Waals surface area contributed by atoms with Gasteiger partial charge in [-0.15, -0.1) is 0 Å². The van der Waals surface area contributed by atoms with E-state index in [2.05, 4.69) is 113 Å². The standard InChI is InChI=1S/C28H20INO/c29-21-12-13-25-24(16-21)27(28(31)30-25)26-20(15-19-7-2-4-11-23(19)26)14-18-9-5-8-17-6-1-3-10-22(17)18/h1-13,15-16,26-27H,14H2,(H,30,31). The van der Waals surface area contributed by atoms with E-state index >= 15 is 0 Å². The van der Waals surface area contributed by atoms with Crippen molar-refractivity contribution in [3.8, 4) is 0 Å². The average Bonchev–Trinajstić information content (AvgIpc) is 3.29. The number of hydrogen-bond acceptors (Lipinski definition) is 1. The lowest BCUT2D eigenvalue weighted by Crippen LogP contribution is -2.20. The van der Waals surface area contributed by atoms with Gasteiger partial charge in [-0.2, -0.15) is 0 Å². The lowest BCUT2D eigenvalue weighted by molar-refractivity contribution is -0.117. The number of fused-ring (bicyclic) bond motifs is 3. The van der Waals surface area contributed by atoms with E-state index in [1.807, 2.05) is 6.07 Å². The third-order valence-corrected chi connectivity index (χ3v) is 7.24. The zero-order valence-electron chi connectivity index (χ0n) is 16.8. The highest BCUT2D eigenvalue weighted by molar-refractivity contribution is 14.1. The van der Waals surface area contributed by atoms with Crippen molar-refractivity contribution >= 4 is 51.0 Å². The average molecular weight is 513 g/mol. The summed E-state index contributed by atoms with van der Waals surface area (Å²) in [5.74, 6) is -0.0493. The summed E-state index contributed by atoms with van der Waals surface area (Å²) in [4.78, 5) is 13.2. The first-order valence-electron chi connectivity index (χ1n) is 10.6. The summed E-state index contributed by atoms with van der Waals surface area (Å²) < 4.78 is 1.16. The Morgan fingerprint density at radius 1 is 0.806 bits per heavy atom. The molecule has 1 N–H and O–H groups in total. The second kappa shape index (κ2) is 7.34. The van der Waals surface area contributed by atoms with Gasteiger partial charge in [-0.25, -0.2) is 0 Å². The summed E-state index contributed by atoms with van der Waals surface area (Å²) in [6.45, 7) is 0. The number of benzene rings is 4. The molecule has 31 heavy (non-hydrogen) atoms. The summed E-state index contributed by atoms with van der Waals surface area (Å²) in [5, 5.41) is 5.67. The lowest BCUT2D eigenvalue weighted by atomic mass is 9.78. The smallest absolute Gasteiger partial charge is 0.232 e. The second-order valence-electron chi connectivity index (χ2n) is 8.34. The molecular weight excluding hydrogens is 493 g/mol. The lowest BCUT2D eigenvalue weighted by Gasteiger charge is -2.23. The number of allylic oxidation sites excluding steroid dienone is 1. The predicted molar refractivity (Wildman–Crippen MR) is 135 cm³/mol. The summed E-state index contributed by atoms with van der Waals surface area (Å²) in [5.41, 5.74) is 7.17. The molecule has 6 rings (SSSR count). The third-order valence-electron chi connectivity index (χ3n) is 6.57. The van der Waals surface area contributed by atoms with Gasteiger partial charge in [-0.1, -0.05) is 78.4 Å². The van der Waals surface area contributed by atoms with Gasteiger partial charge in [0.1, 0.15) is 0 Å². The number of rotatable bonds is 3. The quantitative estimate of drug-likeness (QED) is 0.297. The first kappa shape index (κ1) is 18.8. The van der Waals surface area contributed by atoms with Gasteiger partial charge in [0.15, 0.2) is 0 Å². The Hall–Kier alpha value is -2.92. The van der Waals surface area contributed by atoms with Gasteiger partial charge in [0.05, 0.1) is 5.92 Å². The fraction of sp³-hybridized carbons (Fsp3) is 0.107. The number of amides is 1. The minimum Gasteiger partial charge on any atom is -0.325 e. The third kappa shape index (κ3) is 3.10. The predicted octanol–water partition coefficient (Wildman–Crippen LogP) is 6.90. The molecule has 0 fully saturated rings. The SMILES string of the molecule is O=C1Nc2ccc(I)cc2C1C1C(Cc2cccc3ccccc23)=Cc2ccccc21. The highest BCUT2D eigenvalue weighted by Crippen LogP contribution is 2.51. The van der Waals surface area contributed by atoms with Crippen LogP contribution in [-0.2, 0) is 11.2 Å². The van der Waals surface area contributed by atoms with Gasteiger partial charge in [0.25, 0.3) is 0 Å². The first-order chi connectivity index (χ1) is 15.2. The molecule has 2 aliphatic rings. The Morgan fingerprint density at radius 2 is 1.61 bits per heavy atom. The normalized spacial score (nSPS) is 19.1. The van der Waals surface area contributed by atoms with Crippen molar-refractivity contribution in [2.45, 2.75) is 18.3 Å². The molecule has 1 amide bonds. The van der Waals surface area contributed by atoms with E-state index in [4.69, 9.17) is 0 Å². The van der Waals surface area contributed by atoms with Gasteiger partial charge in [-0.3, -0.25) is 4.79 Å². The van der Waals surface area contributed by atoms with Gasteiger partial charge < -0.3 is 5.32 Å². The summed E-state index contributed by atoms with van der Waals surface area (Å²) >= 11 is 2.33. The highest BCUT2D eigenvalue weighted by Gasteiger charge is 2.42. The van der Waals surface area contributed by atoms with Crippen LogP contribution in [-0.4, -0.2) is 5.91 Å². The molecule has 2 nitrogen and oxygen atoms in total. The number of nitrogens with one attached hydrogen (secondary N) is 1. The summed E-state index contributed by atoms with van der Waals surface area (Å²) in [6.07, 6.45) is 3.14. The van der Waals surface area contributed by atoms with Crippen LogP contribution in [0.2, 0.25) is 0 Å². The minimum atomic E-state index is -0.199. The Bertz CT molecular complexity index is 1380. The van der Waals surface area contributed by atoms with Crippen LogP contribution in [0, 0.1) is 3.57 Å². The van der Waals surface area contributed by atoms with E-state index in [9.17, 15) is 4.79 Å². The molecule has 0 saturated carbocycles. The van der Waals surface area contributed by atoms with Crippen molar-refractivity contribution < 1.29 is 4.79 Å². The van der Waals surface area contributed by atoms with Crippen LogP contribution < -0.4 is 5.32 Å². The Morgan fingerprint density at radius 3 is 2.55 bits per heavy atom. The molecule has 0 saturated heterocycles. The van der Waals surface area contributed by atoms with E-state index in [-0.39, 0.29) is 17.7 Å². The molecule has 0 radical (unpaired) electrons. The maximum absolute atomic E-state index is 13.2. The molecule has 1 aliphatic heterocycles. The summed E-state index contributed by atoms with van der Waals surface area (Å²) in [7, 11) is 0. The van der Waals surface area contributed by atoms with E-state index in [0.29, 0.717) is 0 Å². The van der Waals surface area contributed by atoms with Gasteiger partial charge >= 0.3 is 0 Å². The molecule has 4 aromatic rings. The van der Waals surface area contributed by atoms with Crippen LogP contribution >= 0.6 is 22.6 Å². The van der Waals surface area contributed by atoms with Crippen LogP contribution in [0.3, 0.4) is 0 Å². The highest BCUT2D eigenvalue weighted by atomic mass is 127. The zero-order valence-corrected chi connectivity index (χ0v) is 19.0. The van der Waals surface area contributed by atoms with E-state index < -0.39 is 0 Å². The van der Waals surface area contributed by atoms with Crippen LogP contribution in [0.25, 0.3) is 16.8 Å². The Kier molecular flexibility index (Phi) is 4.46. The van der Waals surface area contributed by atoms with Crippen LogP contribution in [0.15, 0.2) is 90.5 Å². The zero-order chi connectivity index (χ0) is 20.9. The largest absolute Gasteiger partial charge is 0.325 e. The number of anilines is 1. The molecular formula is C28H20INO. The van der Waals surface area contributed by atoms with Crippen molar-refractivity contribution in [2.24, 2.45) is 0 Å². The number of carbonyl (C=O) groups excluding carboxylic acids is 1. The van der Waals surface area contributed by atoms with Crippen LogP contribution in [0.5, 0.6) is 0 Å². The molecule has 1 heterocycles. The fourth-order valence-electron chi connectivity index (χ4n) is 5.22. The van der Waals surface area contributed by atoms with Crippen molar-refractivity contribution in [1.82, 2.24) is 0 Å². The van der Waals surface area contributed by atoms with Crippen molar-refractivity contribution in [2.75, 3.05) is 5.32 Å². The van der Waals surface area contributed by atoms with Crippen molar-refractivity contribution in [3.05, 3.63) is 116 Å². The maximum Gasteiger partial charge on any atom is 0.232 e. The molecule has 0 aromatic heterocycles.